The molecule has 28 heavy (non-hydrogen) atoms. The fourth-order valence-corrected chi connectivity index (χ4v) is 5.39. The Morgan fingerprint density at radius 2 is 1.64 bits per heavy atom. The van der Waals surface area contributed by atoms with Crippen molar-refractivity contribution in [1.29, 1.82) is 0 Å². The predicted octanol–water partition coefficient (Wildman–Crippen LogP) is 4.39. The van der Waals surface area contributed by atoms with Gasteiger partial charge in [0, 0.05) is 29.1 Å². The fraction of sp³-hybridized carbons (Fsp3) is 0.278. The lowest BCUT2D eigenvalue weighted by molar-refractivity contribution is -0.120. The first-order valence-corrected chi connectivity index (χ1v) is 11.0. The van der Waals surface area contributed by atoms with Crippen LogP contribution in [0, 0.1) is 5.92 Å². The van der Waals surface area contributed by atoms with Crippen LogP contribution in [0.5, 0.6) is 5.75 Å². The summed E-state index contributed by atoms with van der Waals surface area (Å²) in [5.41, 5.74) is 0.221. The molecule has 0 bridgehead atoms. The number of anilines is 1. The number of rotatable bonds is 4. The standard InChI is InChI=1S/C18H17Cl3N2O4S/c19-12-2-4-16(24)15(9-12)22-18(25)11-5-7-23(8-6-11)28(26,27)17-10-13(20)1-3-14(17)21/h1-4,9-11,24H,5-8H2,(H,22,25). The van der Waals surface area contributed by atoms with Crippen molar-refractivity contribution in [3.63, 3.8) is 0 Å². The minimum absolute atomic E-state index is 0.0478. The molecule has 3 rings (SSSR count). The van der Waals surface area contributed by atoms with Gasteiger partial charge in [-0.05, 0) is 49.2 Å². The van der Waals surface area contributed by atoms with Crippen LogP contribution >= 0.6 is 34.8 Å². The maximum absolute atomic E-state index is 12.8. The summed E-state index contributed by atoms with van der Waals surface area (Å²) in [7, 11) is -3.81. The van der Waals surface area contributed by atoms with Gasteiger partial charge >= 0.3 is 0 Å². The second-order valence-electron chi connectivity index (χ2n) is 6.40. The molecule has 1 fully saturated rings. The molecule has 1 aliphatic rings. The summed E-state index contributed by atoms with van der Waals surface area (Å²) in [6.07, 6.45) is 0.676. The second kappa shape index (κ2) is 8.47. The van der Waals surface area contributed by atoms with E-state index in [2.05, 4.69) is 5.32 Å². The van der Waals surface area contributed by atoms with E-state index in [4.69, 9.17) is 34.8 Å². The Kier molecular flexibility index (Phi) is 6.41. The number of nitrogens with one attached hydrogen (secondary N) is 1. The smallest absolute Gasteiger partial charge is 0.244 e. The van der Waals surface area contributed by atoms with Crippen molar-refractivity contribution in [1.82, 2.24) is 4.31 Å². The van der Waals surface area contributed by atoms with E-state index in [1.807, 2.05) is 0 Å². The number of hydrogen-bond donors (Lipinski definition) is 2. The first kappa shape index (κ1) is 21.2. The Bertz CT molecular complexity index is 1010. The molecule has 1 aliphatic heterocycles. The van der Waals surface area contributed by atoms with Crippen LogP contribution in [0.1, 0.15) is 12.8 Å². The third-order valence-corrected chi connectivity index (χ3v) is 7.40. The Hall–Kier alpha value is -1.51. The van der Waals surface area contributed by atoms with Crippen molar-refractivity contribution in [3.8, 4) is 5.75 Å². The van der Waals surface area contributed by atoms with Crippen molar-refractivity contribution < 1.29 is 18.3 Å². The highest BCUT2D eigenvalue weighted by atomic mass is 35.5. The average Bonchev–Trinajstić information content (AvgIpc) is 2.66. The number of carbonyl (C=O) groups is 1. The normalized spacial score (nSPS) is 16.1. The second-order valence-corrected chi connectivity index (χ2v) is 9.59. The molecule has 1 saturated heterocycles. The highest BCUT2D eigenvalue weighted by Crippen LogP contribution is 2.32. The van der Waals surface area contributed by atoms with Crippen LogP contribution in [0.3, 0.4) is 0 Å². The van der Waals surface area contributed by atoms with E-state index in [9.17, 15) is 18.3 Å². The topological polar surface area (TPSA) is 86.7 Å². The minimum Gasteiger partial charge on any atom is -0.506 e. The molecular formula is C18H17Cl3N2O4S. The van der Waals surface area contributed by atoms with Crippen LogP contribution < -0.4 is 5.32 Å². The Labute approximate surface area is 178 Å². The number of halogens is 3. The number of phenols is 1. The van der Waals surface area contributed by atoms with Gasteiger partial charge in [-0.1, -0.05) is 34.8 Å². The maximum atomic E-state index is 12.8. The maximum Gasteiger partial charge on any atom is 0.244 e. The molecule has 0 atom stereocenters. The quantitative estimate of drug-likeness (QED) is 0.658. The molecule has 2 N–H and O–H groups in total. The lowest BCUT2D eigenvalue weighted by Crippen LogP contribution is -2.41. The van der Waals surface area contributed by atoms with Crippen LogP contribution in [0.15, 0.2) is 41.3 Å². The summed E-state index contributed by atoms with van der Waals surface area (Å²) < 4.78 is 27.0. The molecule has 0 spiro atoms. The number of aromatic hydroxyl groups is 1. The average molecular weight is 464 g/mol. The van der Waals surface area contributed by atoms with Gasteiger partial charge in [0.05, 0.1) is 10.7 Å². The van der Waals surface area contributed by atoms with E-state index >= 15 is 0 Å². The number of hydrogen-bond acceptors (Lipinski definition) is 4. The first-order valence-electron chi connectivity index (χ1n) is 8.43. The molecule has 10 heteroatoms. The van der Waals surface area contributed by atoms with E-state index in [0.29, 0.717) is 17.9 Å². The van der Waals surface area contributed by atoms with E-state index in [1.54, 1.807) is 0 Å². The number of benzene rings is 2. The molecule has 0 saturated carbocycles. The van der Waals surface area contributed by atoms with Crippen molar-refractivity contribution in [2.75, 3.05) is 18.4 Å². The molecule has 2 aromatic rings. The molecule has 0 radical (unpaired) electrons. The van der Waals surface area contributed by atoms with Gasteiger partial charge in [0.1, 0.15) is 10.6 Å². The SMILES string of the molecule is O=C(Nc1cc(Cl)ccc1O)C1CCN(S(=O)(=O)c2cc(Cl)ccc2Cl)CC1. The van der Waals surface area contributed by atoms with Gasteiger partial charge < -0.3 is 10.4 Å². The zero-order chi connectivity index (χ0) is 20.5. The number of sulfonamides is 1. The van der Waals surface area contributed by atoms with E-state index in [0.717, 1.165) is 0 Å². The minimum atomic E-state index is -3.81. The van der Waals surface area contributed by atoms with Crippen LogP contribution in [-0.2, 0) is 14.8 Å². The fourth-order valence-electron chi connectivity index (χ4n) is 3.02. The highest BCUT2D eigenvalue weighted by Gasteiger charge is 2.33. The van der Waals surface area contributed by atoms with Crippen molar-refractivity contribution in [2.45, 2.75) is 17.7 Å². The number of piperidine rings is 1. The van der Waals surface area contributed by atoms with Crippen molar-refractivity contribution in [2.24, 2.45) is 5.92 Å². The van der Waals surface area contributed by atoms with Crippen LogP contribution in [0.25, 0.3) is 0 Å². The molecule has 150 valence electrons. The summed E-state index contributed by atoms with van der Waals surface area (Å²) >= 11 is 17.8. The Morgan fingerprint density at radius 3 is 2.32 bits per heavy atom. The predicted molar refractivity (Wildman–Crippen MR) is 110 cm³/mol. The molecule has 1 amide bonds. The third-order valence-electron chi connectivity index (χ3n) is 4.55. The molecule has 6 nitrogen and oxygen atoms in total. The van der Waals surface area contributed by atoms with Gasteiger partial charge in [-0.15, -0.1) is 0 Å². The van der Waals surface area contributed by atoms with Gasteiger partial charge in [0.25, 0.3) is 0 Å². The summed E-state index contributed by atoms with van der Waals surface area (Å²) in [6, 6.07) is 8.63. The Morgan fingerprint density at radius 1 is 1.04 bits per heavy atom. The molecule has 2 aromatic carbocycles. The lowest BCUT2D eigenvalue weighted by Gasteiger charge is -2.30. The van der Waals surface area contributed by atoms with E-state index in [-0.39, 0.29) is 51.3 Å². The lowest BCUT2D eigenvalue weighted by atomic mass is 9.97. The largest absolute Gasteiger partial charge is 0.506 e. The molecule has 1 heterocycles. The van der Waals surface area contributed by atoms with Crippen molar-refractivity contribution >= 4 is 56.4 Å². The number of nitrogens with zero attached hydrogens (tertiary/aromatic N) is 1. The van der Waals surface area contributed by atoms with E-state index < -0.39 is 10.0 Å². The van der Waals surface area contributed by atoms with Crippen molar-refractivity contribution in [3.05, 3.63) is 51.5 Å². The van der Waals surface area contributed by atoms with Gasteiger partial charge in [0.15, 0.2) is 0 Å². The third kappa shape index (κ3) is 4.55. The molecular weight excluding hydrogens is 447 g/mol. The summed E-state index contributed by atoms with van der Waals surface area (Å²) in [5.74, 6) is -0.775. The van der Waals surface area contributed by atoms with Crippen LogP contribution in [0.4, 0.5) is 5.69 Å². The van der Waals surface area contributed by atoms with Gasteiger partial charge in [-0.3, -0.25) is 4.79 Å². The highest BCUT2D eigenvalue weighted by molar-refractivity contribution is 7.89. The van der Waals surface area contributed by atoms with Gasteiger partial charge in [-0.2, -0.15) is 4.31 Å². The van der Waals surface area contributed by atoms with E-state index in [1.165, 1.54) is 40.7 Å². The number of carbonyl (C=O) groups excluding carboxylic acids is 1. The first-order chi connectivity index (χ1) is 13.2. The molecule has 0 aromatic heterocycles. The summed E-state index contributed by atoms with van der Waals surface area (Å²) in [4.78, 5) is 12.4. The van der Waals surface area contributed by atoms with Gasteiger partial charge in [-0.25, -0.2) is 8.42 Å². The van der Waals surface area contributed by atoms with Gasteiger partial charge in [0.2, 0.25) is 15.9 Å². The monoisotopic (exact) mass is 462 g/mol. The summed E-state index contributed by atoms with van der Waals surface area (Å²) in [6.45, 7) is 0.343. The van der Waals surface area contributed by atoms with Crippen LogP contribution in [-0.4, -0.2) is 36.8 Å². The molecule has 0 unspecified atom stereocenters. The zero-order valence-electron chi connectivity index (χ0n) is 14.5. The number of amides is 1. The number of phenolic OH excluding ortho intramolecular Hbond substituents is 1. The Balaban J connectivity index is 1.67. The molecule has 0 aliphatic carbocycles. The van der Waals surface area contributed by atoms with Crippen LogP contribution in [0.2, 0.25) is 15.1 Å². The summed E-state index contributed by atoms with van der Waals surface area (Å²) in [5, 5.41) is 13.2. The zero-order valence-corrected chi connectivity index (χ0v) is 17.6.